The van der Waals surface area contributed by atoms with Crippen LogP contribution < -0.4 is 5.32 Å². The summed E-state index contributed by atoms with van der Waals surface area (Å²) in [6.07, 6.45) is 4.89. The Kier molecular flexibility index (Phi) is 6.46. The van der Waals surface area contributed by atoms with Gasteiger partial charge in [0.2, 0.25) is 5.91 Å². The second kappa shape index (κ2) is 9.01. The highest BCUT2D eigenvalue weighted by atomic mass is 32.2. The van der Waals surface area contributed by atoms with E-state index in [9.17, 15) is 4.79 Å². The normalized spacial score (nSPS) is 12.6. The van der Waals surface area contributed by atoms with Crippen molar-refractivity contribution in [2.45, 2.75) is 24.9 Å². The number of carbonyl (C=O) groups is 1. The molecule has 3 heterocycles. The van der Waals surface area contributed by atoms with Crippen LogP contribution in [0, 0.1) is 0 Å². The van der Waals surface area contributed by atoms with Crippen LogP contribution in [0.3, 0.4) is 0 Å². The summed E-state index contributed by atoms with van der Waals surface area (Å²) in [4.78, 5) is 23.1. The van der Waals surface area contributed by atoms with E-state index in [4.69, 9.17) is 4.42 Å². The molecule has 0 saturated carbocycles. The molecule has 0 aliphatic heterocycles. The summed E-state index contributed by atoms with van der Waals surface area (Å²) in [7, 11) is 1.83. The van der Waals surface area contributed by atoms with Crippen LogP contribution in [0.5, 0.6) is 0 Å². The first kappa shape index (κ1) is 19.4. The molecular formula is C18H24N6O2S. The summed E-state index contributed by atoms with van der Waals surface area (Å²) in [6, 6.07) is 3.84. The standard InChI is InChI=1S/C18H24N6O2S/c1-4-24(5-2)14(15-7-6-8-26-15)10-19-16(25)11-27-18-13-9-22-23(3)17(13)20-12-21-18/h6-9,12,14H,4-5,10-11H2,1-3H3,(H,19,25). The predicted molar refractivity (Wildman–Crippen MR) is 104 cm³/mol. The quantitative estimate of drug-likeness (QED) is 0.444. The van der Waals surface area contributed by atoms with Gasteiger partial charge in [0, 0.05) is 13.6 Å². The number of likely N-dealkylation sites (N-methyl/N-ethyl adjacent to an activating group) is 1. The lowest BCUT2D eigenvalue weighted by Gasteiger charge is -2.28. The second-order valence-electron chi connectivity index (χ2n) is 6.03. The van der Waals surface area contributed by atoms with Crippen molar-refractivity contribution in [3.8, 4) is 0 Å². The average molecular weight is 388 g/mol. The van der Waals surface area contributed by atoms with Gasteiger partial charge in [-0.1, -0.05) is 25.6 Å². The van der Waals surface area contributed by atoms with Crippen molar-refractivity contribution >= 4 is 28.7 Å². The first-order valence-corrected chi connectivity index (χ1v) is 9.92. The van der Waals surface area contributed by atoms with E-state index in [1.807, 2.05) is 19.2 Å². The monoisotopic (exact) mass is 388 g/mol. The van der Waals surface area contributed by atoms with Gasteiger partial charge in [0.1, 0.15) is 17.1 Å². The lowest BCUT2D eigenvalue weighted by Crippen LogP contribution is -2.38. The zero-order chi connectivity index (χ0) is 19.2. The molecule has 9 heteroatoms. The molecule has 144 valence electrons. The summed E-state index contributed by atoms with van der Waals surface area (Å²) >= 11 is 1.39. The molecule has 0 saturated heterocycles. The average Bonchev–Trinajstić information content (AvgIpc) is 3.34. The first-order valence-electron chi connectivity index (χ1n) is 8.93. The van der Waals surface area contributed by atoms with Crippen LogP contribution in [0.1, 0.15) is 25.6 Å². The predicted octanol–water partition coefficient (Wildman–Crippen LogP) is 2.25. The van der Waals surface area contributed by atoms with Crippen molar-refractivity contribution in [2.75, 3.05) is 25.4 Å². The molecule has 0 bridgehead atoms. The lowest BCUT2D eigenvalue weighted by atomic mass is 10.2. The molecule has 0 spiro atoms. The van der Waals surface area contributed by atoms with Gasteiger partial charge in [0.15, 0.2) is 5.65 Å². The van der Waals surface area contributed by atoms with Crippen LogP contribution in [-0.2, 0) is 11.8 Å². The molecule has 1 N–H and O–H groups in total. The molecule has 3 aromatic heterocycles. The fraction of sp³-hybridized carbons (Fsp3) is 0.444. The molecular weight excluding hydrogens is 364 g/mol. The summed E-state index contributed by atoms with van der Waals surface area (Å²) in [5, 5.41) is 8.83. The number of nitrogens with one attached hydrogen (secondary N) is 1. The molecule has 27 heavy (non-hydrogen) atoms. The van der Waals surface area contributed by atoms with E-state index in [0.29, 0.717) is 6.54 Å². The maximum Gasteiger partial charge on any atom is 0.230 e. The maximum atomic E-state index is 12.4. The summed E-state index contributed by atoms with van der Waals surface area (Å²) in [6.45, 7) is 6.47. The van der Waals surface area contributed by atoms with Crippen molar-refractivity contribution in [1.29, 1.82) is 0 Å². The largest absolute Gasteiger partial charge is 0.468 e. The number of rotatable bonds is 9. The van der Waals surface area contributed by atoms with Gasteiger partial charge >= 0.3 is 0 Å². The number of hydrogen-bond acceptors (Lipinski definition) is 7. The van der Waals surface area contributed by atoms with Crippen molar-refractivity contribution in [2.24, 2.45) is 7.05 Å². The second-order valence-corrected chi connectivity index (χ2v) is 6.99. The Labute approximate surface area is 162 Å². The van der Waals surface area contributed by atoms with Gasteiger partial charge in [-0.3, -0.25) is 14.4 Å². The minimum Gasteiger partial charge on any atom is -0.468 e. The van der Waals surface area contributed by atoms with E-state index in [0.717, 1.165) is 34.9 Å². The fourth-order valence-electron chi connectivity index (χ4n) is 3.01. The maximum absolute atomic E-state index is 12.4. The van der Waals surface area contributed by atoms with E-state index in [1.165, 1.54) is 18.1 Å². The minimum absolute atomic E-state index is 0.0213. The highest BCUT2D eigenvalue weighted by Crippen LogP contribution is 2.24. The van der Waals surface area contributed by atoms with E-state index in [2.05, 4.69) is 39.1 Å². The molecule has 8 nitrogen and oxygen atoms in total. The number of aromatic nitrogens is 4. The van der Waals surface area contributed by atoms with Crippen LogP contribution in [0.2, 0.25) is 0 Å². The topological polar surface area (TPSA) is 89.1 Å². The van der Waals surface area contributed by atoms with E-state index in [-0.39, 0.29) is 17.7 Å². The Morgan fingerprint density at radius 3 is 2.89 bits per heavy atom. The minimum atomic E-state index is -0.0423. The SMILES string of the molecule is CCN(CC)C(CNC(=O)CSc1ncnc2c1cnn2C)c1ccco1. The Hall–Kier alpha value is -2.39. The molecule has 1 atom stereocenters. The van der Waals surface area contributed by atoms with Gasteiger partial charge in [-0.15, -0.1) is 0 Å². The van der Waals surface area contributed by atoms with Crippen molar-refractivity contribution in [1.82, 2.24) is 30.0 Å². The van der Waals surface area contributed by atoms with Crippen LogP contribution >= 0.6 is 11.8 Å². The molecule has 0 aromatic carbocycles. The van der Waals surface area contributed by atoms with Gasteiger partial charge < -0.3 is 9.73 Å². The molecule has 1 unspecified atom stereocenters. The first-order chi connectivity index (χ1) is 13.1. The third-order valence-electron chi connectivity index (χ3n) is 4.45. The van der Waals surface area contributed by atoms with Crippen LogP contribution in [-0.4, -0.2) is 55.9 Å². The number of furan rings is 1. The van der Waals surface area contributed by atoms with E-state index in [1.54, 1.807) is 17.1 Å². The summed E-state index contributed by atoms with van der Waals surface area (Å²) in [5.41, 5.74) is 0.757. The highest BCUT2D eigenvalue weighted by Gasteiger charge is 2.21. The summed E-state index contributed by atoms with van der Waals surface area (Å²) in [5.74, 6) is 1.10. The number of nitrogens with zero attached hydrogens (tertiary/aromatic N) is 5. The third-order valence-corrected chi connectivity index (χ3v) is 5.46. The van der Waals surface area contributed by atoms with E-state index >= 15 is 0 Å². The number of thioether (sulfide) groups is 1. The van der Waals surface area contributed by atoms with Crippen LogP contribution in [0.4, 0.5) is 0 Å². The fourth-order valence-corrected chi connectivity index (χ4v) is 3.80. The number of fused-ring (bicyclic) bond motifs is 1. The highest BCUT2D eigenvalue weighted by molar-refractivity contribution is 8.00. The Balaban J connectivity index is 1.59. The van der Waals surface area contributed by atoms with Gasteiger partial charge in [-0.2, -0.15) is 5.10 Å². The third kappa shape index (κ3) is 4.48. The molecule has 0 radical (unpaired) electrons. The van der Waals surface area contributed by atoms with Crippen LogP contribution in [0.15, 0.2) is 40.4 Å². The van der Waals surface area contributed by atoms with Gasteiger partial charge in [-0.05, 0) is 25.2 Å². The smallest absolute Gasteiger partial charge is 0.230 e. The Morgan fingerprint density at radius 1 is 1.37 bits per heavy atom. The Morgan fingerprint density at radius 2 is 2.19 bits per heavy atom. The zero-order valence-corrected chi connectivity index (χ0v) is 16.6. The number of amides is 1. The number of aryl methyl sites for hydroxylation is 1. The van der Waals surface area contributed by atoms with Gasteiger partial charge in [-0.25, -0.2) is 9.97 Å². The molecule has 3 aromatic rings. The molecule has 0 aliphatic rings. The van der Waals surface area contributed by atoms with Crippen molar-refractivity contribution in [3.63, 3.8) is 0 Å². The van der Waals surface area contributed by atoms with Gasteiger partial charge in [0.05, 0.1) is 29.6 Å². The van der Waals surface area contributed by atoms with Crippen molar-refractivity contribution in [3.05, 3.63) is 36.7 Å². The zero-order valence-electron chi connectivity index (χ0n) is 15.8. The molecule has 3 rings (SSSR count). The summed E-state index contributed by atoms with van der Waals surface area (Å²) < 4.78 is 7.26. The number of carbonyl (C=O) groups excluding carboxylic acids is 1. The lowest BCUT2D eigenvalue weighted by molar-refractivity contribution is -0.118. The van der Waals surface area contributed by atoms with Crippen LogP contribution in [0.25, 0.3) is 11.0 Å². The van der Waals surface area contributed by atoms with Gasteiger partial charge in [0.25, 0.3) is 0 Å². The Bertz CT molecular complexity index is 875. The number of hydrogen-bond donors (Lipinski definition) is 1. The molecule has 0 fully saturated rings. The molecule has 1 amide bonds. The molecule has 0 aliphatic carbocycles. The van der Waals surface area contributed by atoms with E-state index < -0.39 is 0 Å². The van der Waals surface area contributed by atoms with Crippen molar-refractivity contribution < 1.29 is 9.21 Å².